The zero-order chi connectivity index (χ0) is 11.5. The lowest BCUT2D eigenvalue weighted by atomic mass is 10.00. The molecule has 1 heterocycles. The van der Waals surface area contributed by atoms with Crippen LogP contribution in [0.15, 0.2) is 35.7 Å². The molecule has 0 amide bonds. The molecular weight excluding hydrogens is 214 g/mol. The van der Waals surface area contributed by atoms with Crippen molar-refractivity contribution in [2.24, 2.45) is 5.73 Å². The van der Waals surface area contributed by atoms with Crippen molar-refractivity contribution in [2.75, 3.05) is 0 Å². The minimum atomic E-state index is 0.0101. The standard InChI is InChI=1S/C14H17NS/c1-3-11-4-6-12(7-5-11)14(15)13-8-10(2)16-9-13/h4-9,14H,3,15H2,1-2H3. The molecule has 0 aliphatic carbocycles. The fourth-order valence-electron chi connectivity index (χ4n) is 1.78. The number of thiophene rings is 1. The van der Waals surface area contributed by atoms with Crippen molar-refractivity contribution in [2.45, 2.75) is 26.3 Å². The second-order valence-electron chi connectivity index (χ2n) is 4.06. The highest BCUT2D eigenvalue weighted by atomic mass is 32.1. The summed E-state index contributed by atoms with van der Waals surface area (Å²) >= 11 is 1.76. The quantitative estimate of drug-likeness (QED) is 0.857. The lowest BCUT2D eigenvalue weighted by molar-refractivity contribution is 0.874. The molecule has 1 nitrogen and oxygen atoms in total. The molecule has 84 valence electrons. The first-order valence-corrected chi connectivity index (χ1v) is 6.48. The van der Waals surface area contributed by atoms with E-state index in [1.165, 1.54) is 21.6 Å². The van der Waals surface area contributed by atoms with Crippen molar-refractivity contribution in [3.8, 4) is 0 Å². The van der Waals surface area contributed by atoms with Gasteiger partial charge in [0.05, 0.1) is 6.04 Å². The van der Waals surface area contributed by atoms with Crippen molar-refractivity contribution in [3.63, 3.8) is 0 Å². The SMILES string of the molecule is CCc1ccc(C(N)c2csc(C)c2)cc1. The van der Waals surface area contributed by atoms with Gasteiger partial charge in [-0.05, 0) is 41.5 Å². The Morgan fingerprint density at radius 2 is 1.88 bits per heavy atom. The van der Waals surface area contributed by atoms with Gasteiger partial charge in [-0.2, -0.15) is 0 Å². The zero-order valence-electron chi connectivity index (χ0n) is 9.73. The molecule has 2 N–H and O–H groups in total. The smallest absolute Gasteiger partial charge is 0.0559 e. The van der Waals surface area contributed by atoms with Gasteiger partial charge in [-0.1, -0.05) is 31.2 Å². The minimum Gasteiger partial charge on any atom is -0.320 e. The van der Waals surface area contributed by atoms with Crippen LogP contribution in [0, 0.1) is 6.92 Å². The third kappa shape index (κ3) is 2.34. The molecule has 0 fully saturated rings. The third-order valence-electron chi connectivity index (χ3n) is 2.86. The normalized spacial score (nSPS) is 12.7. The second kappa shape index (κ2) is 4.81. The van der Waals surface area contributed by atoms with Gasteiger partial charge in [0.2, 0.25) is 0 Å². The largest absolute Gasteiger partial charge is 0.320 e. The van der Waals surface area contributed by atoms with Crippen LogP contribution in [0.3, 0.4) is 0 Å². The van der Waals surface area contributed by atoms with Gasteiger partial charge in [-0.25, -0.2) is 0 Å². The highest BCUT2D eigenvalue weighted by molar-refractivity contribution is 7.10. The van der Waals surface area contributed by atoms with Crippen LogP contribution in [0.4, 0.5) is 0 Å². The molecule has 2 heteroatoms. The van der Waals surface area contributed by atoms with Crippen LogP contribution >= 0.6 is 11.3 Å². The monoisotopic (exact) mass is 231 g/mol. The van der Waals surface area contributed by atoms with E-state index in [1.54, 1.807) is 11.3 Å². The van der Waals surface area contributed by atoms with Crippen molar-refractivity contribution in [1.82, 2.24) is 0 Å². The Morgan fingerprint density at radius 1 is 1.19 bits per heavy atom. The first kappa shape index (κ1) is 11.4. The molecule has 0 saturated carbocycles. The van der Waals surface area contributed by atoms with Gasteiger partial charge in [0, 0.05) is 4.88 Å². The predicted octanol–water partition coefficient (Wildman–Crippen LogP) is 3.67. The van der Waals surface area contributed by atoms with Crippen molar-refractivity contribution < 1.29 is 0 Å². The molecule has 0 bridgehead atoms. The summed E-state index contributed by atoms with van der Waals surface area (Å²) in [4.78, 5) is 1.32. The number of hydrogen-bond acceptors (Lipinski definition) is 2. The fraction of sp³-hybridized carbons (Fsp3) is 0.286. The first-order chi connectivity index (χ1) is 7.70. The Kier molecular flexibility index (Phi) is 3.42. The fourth-order valence-corrected chi connectivity index (χ4v) is 2.52. The number of benzene rings is 1. The molecule has 1 aromatic carbocycles. The summed E-state index contributed by atoms with van der Waals surface area (Å²) < 4.78 is 0. The van der Waals surface area contributed by atoms with Gasteiger partial charge in [0.1, 0.15) is 0 Å². The van der Waals surface area contributed by atoms with Gasteiger partial charge in [0.15, 0.2) is 0 Å². The maximum Gasteiger partial charge on any atom is 0.0559 e. The number of hydrogen-bond donors (Lipinski definition) is 1. The Balaban J connectivity index is 2.23. The lowest BCUT2D eigenvalue weighted by Gasteiger charge is -2.10. The maximum atomic E-state index is 6.23. The van der Waals surface area contributed by atoms with Gasteiger partial charge < -0.3 is 5.73 Å². The molecule has 0 radical (unpaired) electrons. The molecule has 0 saturated heterocycles. The van der Waals surface area contributed by atoms with Crippen molar-refractivity contribution in [1.29, 1.82) is 0 Å². The molecular formula is C14H17NS. The van der Waals surface area contributed by atoms with E-state index in [9.17, 15) is 0 Å². The van der Waals surface area contributed by atoms with Crippen molar-refractivity contribution >= 4 is 11.3 Å². The molecule has 1 unspecified atom stereocenters. The Hall–Kier alpha value is -1.12. The van der Waals surface area contributed by atoms with E-state index in [4.69, 9.17) is 5.73 Å². The molecule has 0 aliphatic heterocycles. The summed E-state index contributed by atoms with van der Waals surface area (Å²) in [5, 5.41) is 2.15. The van der Waals surface area contributed by atoms with Crippen LogP contribution in [-0.4, -0.2) is 0 Å². The number of nitrogens with two attached hydrogens (primary N) is 1. The van der Waals surface area contributed by atoms with Crippen LogP contribution in [0.2, 0.25) is 0 Å². The lowest BCUT2D eigenvalue weighted by Crippen LogP contribution is -2.10. The molecule has 2 rings (SSSR count). The molecule has 2 aromatic rings. The molecule has 16 heavy (non-hydrogen) atoms. The summed E-state index contributed by atoms with van der Waals surface area (Å²) in [6, 6.07) is 10.8. The maximum absolute atomic E-state index is 6.23. The Labute approximate surface area is 101 Å². The van der Waals surface area contributed by atoms with Crippen LogP contribution in [0.5, 0.6) is 0 Å². The van der Waals surface area contributed by atoms with Crippen molar-refractivity contribution in [3.05, 3.63) is 57.3 Å². The summed E-state index contributed by atoms with van der Waals surface area (Å²) in [5.74, 6) is 0. The average molecular weight is 231 g/mol. The second-order valence-corrected chi connectivity index (χ2v) is 5.18. The van der Waals surface area contributed by atoms with Gasteiger partial charge in [-0.3, -0.25) is 0 Å². The predicted molar refractivity (Wildman–Crippen MR) is 70.9 cm³/mol. The molecule has 1 atom stereocenters. The molecule has 0 aliphatic rings. The summed E-state index contributed by atoms with van der Waals surface area (Å²) in [6.07, 6.45) is 1.08. The van der Waals surface area contributed by atoms with E-state index in [0.29, 0.717) is 0 Å². The minimum absolute atomic E-state index is 0.0101. The highest BCUT2D eigenvalue weighted by Crippen LogP contribution is 2.24. The van der Waals surface area contributed by atoms with E-state index in [-0.39, 0.29) is 6.04 Å². The Morgan fingerprint density at radius 3 is 2.38 bits per heavy atom. The number of aryl methyl sites for hydroxylation is 2. The van der Waals surface area contributed by atoms with Crippen LogP contribution < -0.4 is 5.73 Å². The van der Waals surface area contributed by atoms with Gasteiger partial charge in [0.25, 0.3) is 0 Å². The summed E-state index contributed by atoms with van der Waals surface area (Å²) in [6.45, 7) is 4.28. The highest BCUT2D eigenvalue weighted by Gasteiger charge is 2.09. The third-order valence-corrected chi connectivity index (χ3v) is 3.74. The van der Waals surface area contributed by atoms with Crippen LogP contribution in [0.25, 0.3) is 0 Å². The topological polar surface area (TPSA) is 26.0 Å². The van der Waals surface area contributed by atoms with E-state index < -0.39 is 0 Å². The van der Waals surface area contributed by atoms with Gasteiger partial charge >= 0.3 is 0 Å². The number of rotatable bonds is 3. The van der Waals surface area contributed by atoms with E-state index >= 15 is 0 Å². The average Bonchev–Trinajstić information content (AvgIpc) is 2.75. The zero-order valence-corrected chi connectivity index (χ0v) is 10.6. The molecule has 0 spiro atoms. The summed E-state index contributed by atoms with van der Waals surface area (Å²) in [7, 11) is 0. The molecule has 1 aromatic heterocycles. The Bertz CT molecular complexity index is 456. The van der Waals surface area contributed by atoms with Crippen LogP contribution in [-0.2, 0) is 6.42 Å². The van der Waals surface area contributed by atoms with E-state index in [1.807, 2.05) is 0 Å². The van der Waals surface area contributed by atoms with E-state index in [0.717, 1.165) is 6.42 Å². The van der Waals surface area contributed by atoms with Crippen LogP contribution in [0.1, 0.15) is 34.5 Å². The van der Waals surface area contributed by atoms with E-state index in [2.05, 4.69) is 49.6 Å². The first-order valence-electron chi connectivity index (χ1n) is 5.60. The van der Waals surface area contributed by atoms with Gasteiger partial charge in [-0.15, -0.1) is 11.3 Å². The summed E-state index contributed by atoms with van der Waals surface area (Å²) in [5.41, 5.74) is 9.99.